The predicted octanol–water partition coefficient (Wildman–Crippen LogP) is 2.06. The van der Waals surface area contributed by atoms with Gasteiger partial charge in [0, 0.05) is 12.4 Å². The number of rotatable bonds is 3. The Hall–Kier alpha value is -1.97. The van der Waals surface area contributed by atoms with Crippen LogP contribution in [0.15, 0.2) is 34.3 Å². The van der Waals surface area contributed by atoms with E-state index in [0.29, 0.717) is 18.7 Å². The molecule has 0 radical (unpaired) electrons. The highest BCUT2D eigenvalue weighted by Crippen LogP contribution is 2.23. The van der Waals surface area contributed by atoms with Gasteiger partial charge in [0.2, 0.25) is 0 Å². The van der Waals surface area contributed by atoms with Crippen LogP contribution in [0.2, 0.25) is 0 Å². The fourth-order valence-electron chi connectivity index (χ4n) is 1.76. The van der Waals surface area contributed by atoms with E-state index in [1.54, 1.807) is 25.4 Å². The maximum atomic E-state index is 11.8. The van der Waals surface area contributed by atoms with Gasteiger partial charge in [-0.3, -0.25) is 9.98 Å². The molecule has 4 nitrogen and oxygen atoms in total. The molecule has 1 aromatic rings. The van der Waals surface area contributed by atoms with Crippen molar-refractivity contribution in [1.82, 2.24) is 0 Å². The van der Waals surface area contributed by atoms with Crippen molar-refractivity contribution >= 4 is 18.4 Å². The van der Waals surface area contributed by atoms with Crippen LogP contribution >= 0.6 is 0 Å². The predicted molar refractivity (Wildman–Crippen MR) is 67.0 cm³/mol. The second-order valence-electron chi connectivity index (χ2n) is 3.64. The van der Waals surface area contributed by atoms with Crippen molar-refractivity contribution in [2.75, 3.05) is 13.2 Å². The Labute approximate surface area is 100 Å². The molecule has 1 unspecified atom stereocenters. The quantitative estimate of drug-likeness (QED) is 0.746. The number of carbonyl (C=O) groups excluding carboxylic acids is 1. The van der Waals surface area contributed by atoms with Crippen molar-refractivity contribution in [3.8, 4) is 0 Å². The molecule has 17 heavy (non-hydrogen) atoms. The number of esters is 1. The van der Waals surface area contributed by atoms with Gasteiger partial charge in [-0.15, -0.1) is 0 Å². The van der Waals surface area contributed by atoms with Crippen molar-refractivity contribution < 1.29 is 9.53 Å². The van der Waals surface area contributed by atoms with E-state index in [1.807, 2.05) is 18.2 Å². The lowest BCUT2D eigenvalue weighted by Crippen LogP contribution is -2.13. The van der Waals surface area contributed by atoms with Crippen LogP contribution in [0.1, 0.15) is 28.9 Å². The molecule has 0 amide bonds. The van der Waals surface area contributed by atoms with Crippen LogP contribution in [-0.4, -0.2) is 31.6 Å². The van der Waals surface area contributed by atoms with Crippen LogP contribution in [-0.2, 0) is 4.74 Å². The van der Waals surface area contributed by atoms with Gasteiger partial charge in [0.1, 0.15) is 0 Å². The first-order valence-electron chi connectivity index (χ1n) is 5.60. The molecule has 0 spiro atoms. The number of nitrogens with zero attached hydrogens (tertiary/aromatic N) is 2. The van der Waals surface area contributed by atoms with Crippen LogP contribution in [0.4, 0.5) is 0 Å². The van der Waals surface area contributed by atoms with Crippen LogP contribution in [0, 0.1) is 0 Å². The number of benzene rings is 1. The summed E-state index contributed by atoms with van der Waals surface area (Å²) in [7, 11) is 0. The highest BCUT2D eigenvalue weighted by Gasteiger charge is 2.19. The molecule has 1 aliphatic heterocycles. The Bertz CT molecular complexity index is 466. The Morgan fingerprint density at radius 3 is 2.94 bits per heavy atom. The van der Waals surface area contributed by atoms with Crippen molar-refractivity contribution in [3.63, 3.8) is 0 Å². The SMILES string of the molecule is CCOC(=O)c1ccccc1C1CN=CC=N1. The molecule has 0 aliphatic carbocycles. The largest absolute Gasteiger partial charge is 0.462 e. The molecule has 2 rings (SSSR count). The Morgan fingerprint density at radius 2 is 2.24 bits per heavy atom. The second kappa shape index (κ2) is 5.39. The van der Waals surface area contributed by atoms with Gasteiger partial charge in [-0.2, -0.15) is 0 Å². The van der Waals surface area contributed by atoms with Crippen molar-refractivity contribution in [3.05, 3.63) is 35.4 Å². The fourth-order valence-corrected chi connectivity index (χ4v) is 1.76. The third-order valence-corrected chi connectivity index (χ3v) is 2.53. The van der Waals surface area contributed by atoms with Gasteiger partial charge in [0.05, 0.1) is 24.8 Å². The average Bonchev–Trinajstić information content (AvgIpc) is 2.40. The van der Waals surface area contributed by atoms with Gasteiger partial charge in [-0.25, -0.2) is 4.79 Å². The highest BCUT2D eigenvalue weighted by atomic mass is 16.5. The maximum Gasteiger partial charge on any atom is 0.338 e. The van der Waals surface area contributed by atoms with Crippen molar-refractivity contribution in [2.24, 2.45) is 9.98 Å². The van der Waals surface area contributed by atoms with Crippen LogP contribution in [0.25, 0.3) is 0 Å². The summed E-state index contributed by atoms with van der Waals surface area (Å²) >= 11 is 0. The molecule has 4 heteroatoms. The minimum atomic E-state index is -0.298. The first-order chi connectivity index (χ1) is 8.33. The summed E-state index contributed by atoms with van der Waals surface area (Å²) in [5.74, 6) is -0.298. The molecular formula is C13H14N2O2. The summed E-state index contributed by atoms with van der Waals surface area (Å²) < 4.78 is 5.03. The zero-order chi connectivity index (χ0) is 12.1. The molecule has 1 heterocycles. The molecule has 0 aromatic heterocycles. The van der Waals surface area contributed by atoms with E-state index in [1.165, 1.54) is 0 Å². The van der Waals surface area contributed by atoms with Gasteiger partial charge in [0.15, 0.2) is 0 Å². The molecule has 0 N–H and O–H groups in total. The molecule has 1 aliphatic rings. The molecule has 1 atom stereocenters. The average molecular weight is 230 g/mol. The van der Waals surface area contributed by atoms with E-state index in [4.69, 9.17) is 4.74 Å². The summed E-state index contributed by atoms with van der Waals surface area (Å²) in [5, 5.41) is 0. The standard InChI is InChI=1S/C13H14N2O2/c1-2-17-13(16)11-6-4-3-5-10(11)12-9-14-7-8-15-12/h3-8,12H,2,9H2,1H3. The Kier molecular flexibility index (Phi) is 3.65. The first kappa shape index (κ1) is 11.5. The lowest BCUT2D eigenvalue weighted by Gasteiger charge is -2.15. The summed E-state index contributed by atoms with van der Waals surface area (Å²) in [5.41, 5.74) is 1.45. The zero-order valence-corrected chi connectivity index (χ0v) is 9.67. The zero-order valence-electron chi connectivity index (χ0n) is 9.67. The second-order valence-corrected chi connectivity index (χ2v) is 3.64. The molecule has 88 valence electrons. The Balaban J connectivity index is 2.30. The van der Waals surface area contributed by atoms with E-state index in [-0.39, 0.29) is 12.0 Å². The van der Waals surface area contributed by atoms with Crippen molar-refractivity contribution in [2.45, 2.75) is 13.0 Å². The summed E-state index contributed by atoms with van der Waals surface area (Å²) in [4.78, 5) is 20.3. The maximum absolute atomic E-state index is 11.8. The van der Waals surface area contributed by atoms with E-state index >= 15 is 0 Å². The summed E-state index contributed by atoms with van der Waals surface area (Å²) in [6.45, 7) is 2.75. The van der Waals surface area contributed by atoms with E-state index in [9.17, 15) is 4.79 Å². The van der Waals surface area contributed by atoms with Gasteiger partial charge >= 0.3 is 5.97 Å². The number of carbonyl (C=O) groups is 1. The lowest BCUT2D eigenvalue weighted by atomic mass is 10.0. The van der Waals surface area contributed by atoms with E-state index in [2.05, 4.69) is 9.98 Å². The van der Waals surface area contributed by atoms with Gasteiger partial charge < -0.3 is 4.74 Å². The van der Waals surface area contributed by atoms with Gasteiger partial charge in [0.25, 0.3) is 0 Å². The number of hydrogen-bond donors (Lipinski definition) is 0. The summed E-state index contributed by atoms with van der Waals surface area (Å²) in [6, 6.07) is 7.30. The highest BCUT2D eigenvalue weighted by molar-refractivity contribution is 6.16. The van der Waals surface area contributed by atoms with E-state index < -0.39 is 0 Å². The smallest absolute Gasteiger partial charge is 0.338 e. The fraction of sp³-hybridized carbons (Fsp3) is 0.308. The minimum absolute atomic E-state index is 0.0828. The van der Waals surface area contributed by atoms with E-state index in [0.717, 1.165) is 5.56 Å². The number of ether oxygens (including phenoxy) is 1. The summed E-state index contributed by atoms with van der Waals surface area (Å²) in [6.07, 6.45) is 3.33. The van der Waals surface area contributed by atoms with Gasteiger partial charge in [-0.1, -0.05) is 18.2 Å². The number of hydrogen-bond acceptors (Lipinski definition) is 4. The minimum Gasteiger partial charge on any atom is -0.462 e. The monoisotopic (exact) mass is 230 g/mol. The molecule has 0 saturated carbocycles. The molecule has 0 fully saturated rings. The van der Waals surface area contributed by atoms with Crippen LogP contribution in [0.3, 0.4) is 0 Å². The third-order valence-electron chi connectivity index (χ3n) is 2.53. The van der Waals surface area contributed by atoms with Gasteiger partial charge in [-0.05, 0) is 18.6 Å². The van der Waals surface area contributed by atoms with Crippen molar-refractivity contribution in [1.29, 1.82) is 0 Å². The third kappa shape index (κ3) is 2.58. The van der Waals surface area contributed by atoms with Crippen LogP contribution in [0.5, 0.6) is 0 Å². The normalized spacial score (nSPS) is 18.1. The molecule has 0 bridgehead atoms. The topological polar surface area (TPSA) is 51.0 Å². The molecule has 0 saturated heterocycles. The van der Waals surface area contributed by atoms with Crippen LogP contribution < -0.4 is 0 Å². The molecular weight excluding hydrogens is 216 g/mol. The first-order valence-corrected chi connectivity index (χ1v) is 5.60. The Morgan fingerprint density at radius 1 is 1.41 bits per heavy atom. The molecule has 1 aromatic carbocycles. The lowest BCUT2D eigenvalue weighted by molar-refractivity contribution is 0.0524. The number of aliphatic imine (C=N–C) groups is 2.